The first kappa shape index (κ1) is 27.8. The Labute approximate surface area is 197 Å². The van der Waals surface area contributed by atoms with Crippen LogP contribution in [0.15, 0.2) is 60.7 Å². The zero-order chi connectivity index (χ0) is 21.7. The van der Waals surface area contributed by atoms with Crippen LogP contribution in [0, 0.1) is 25.2 Å². The van der Waals surface area contributed by atoms with Crippen LogP contribution in [0.5, 0.6) is 0 Å². The Kier molecular flexibility index (Phi) is 13.7. The van der Waals surface area contributed by atoms with E-state index >= 15 is 0 Å². The average molecular weight is 442 g/mol. The molecule has 30 heavy (non-hydrogen) atoms. The third-order valence-corrected chi connectivity index (χ3v) is 5.06. The quantitative estimate of drug-likeness (QED) is 0.419. The molecular weight excluding hydrogens is 408 g/mol. The van der Waals surface area contributed by atoms with Gasteiger partial charge in [0.2, 0.25) is 12.8 Å². The number of rotatable bonds is 4. The summed E-state index contributed by atoms with van der Waals surface area (Å²) < 4.78 is 0. The number of nitrogens with one attached hydrogen (secondary N) is 2. The molecule has 1 saturated carbocycles. The van der Waals surface area contributed by atoms with Gasteiger partial charge in [-0.2, -0.15) is 49.2 Å². The van der Waals surface area contributed by atoms with Gasteiger partial charge in [0.25, 0.3) is 0 Å². The summed E-state index contributed by atoms with van der Waals surface area (Å²) >= 11 is 0. The standard InChI is InChI=1S/C11H20N2O2.2C7H7.Ti/c1-8-9(12-6-14)4-11(2,3)5-10(8)13-7-15;2*1-7-5-3-2-4-6-7;/h6-10H,4-5H2,1-3H3,(H,12,14)(H,13,15);2*2-6H,1H2;/q;2*-1;+2. The number of carbonyl (C=O) groups is 2. The largest absolute Gasteiger partial charge is 2.00 e. The smallest absolute Gasteiger partial charge is 0.356 e. The number of benzene rings is 2. The van der Waals surface area contributed by atoms with Crippen molar-refractivity contribution in [2.75, 3.05) is 0 Å². The monoisotopic (exact) mass is 442 g/mol. The van der Waals surface area contributed by atoms with Crippen LogP contribution in [0.1, 0.15) is 44.7 Å². The molecule has 1 aliphatic carbocycles. The Bertz CT molecular complexity index is 648. The van der Waals surface area contributed by atoms with E-state index in [-0.39, 0.29) is 45.1 Å². The van der Waals surface area contributed by atoms with Crippen LogP contribution in [0.4, 0.5) is 0 Å². The molecule has 0 saturated heterocycles. The van der Waals surface area contributed by atoms with Gasteiger partial charge in [0.05, 0.1) is 0 Å². The first-order chi connectivity index (χ1) is 13.8. The van der Waals surface area contributed by atoms with E-state index in [2.05, 4.69) is 45.3 Å². The van der Waals surface area contributed by atoms with Gasteiger partial charge in [-0.15, -0.1) is 24.3 Å². The van der Waals surface area contributed by atoms with Crippen LogP contribution >= 0.6 is 0 Å². The van der Waals surface area contributed by atoms with Crippen LogP contribution in [-0.4, -0.2) is 24.9 Å². The van der Waals surface area contributed by atoms with Gasteiger partial charge in [-0.05, 0) is 24.2 Å². The zero-order valence-electron chi connectivity index (χ0n) is 18.3. The molecule has 5 heteroatoms. The van der Waals surface area contributed by atoms with Crippen LogP contribution in [-0.2, 0) is 31.3 Å². The third-order valence-electron chi connectivity index (χ3n) is 5.06. The van der Waals surface area contributed by atoms with Crippen molar-refractivity contribution in [3.8, 4) is 0 Å². The molecule has 4 nitrogen and oxygen atoms in total. The summed E-state index contributed by atoms with van der Waals surface area (Å²) in [7, 11) is 0. The molecule has 0 aromatic heterocycles. The predicted octanol–water partition coefficient (Wildman–Crippen LogP) is 4.41. The van der Waals surface area contributed by atoms with Gasteiger partial charge in [-0.25, -0.2) is 0 Å². The summed E-state index contributed by atoms with van der Waals surface area (Å²) in [5.74, 6) is 0.286. The summed E-state index contributed by atoms with van der Waals surface area (Å²) in [6, 6.07) is 20.1. The van der Waals surface area contributed by atoms with E-state index in [9.17, 15) is 9.59 Å². The summed E-state index contributed by atoms with van der Waals surface area (Å²) in [6.45, 7) is 13.8. The fraction of sp³-hybridized carbons (Fsp3) is 0.360. The molecule has 0 heterocycles. The maximum atomic E-state index is 10.5. The molecule has 2 aromatic carbocycles. The first-order valence-electron chi connectivity index (χ1n) is 9.92. The Morgan fingerprint density at radius 2 is 1.13 bits per heavy atom. The van der Waals surface area contributed by atoms with Gasteiger partial charge in [0.1, 0.15) is 0 Å². The molecule has 0 aliphatic heterocycles. The first-order valence-corrected chi connectivity index (χ1v) is 9.92. The summed E-state index contributed by atoms with van der Waals surface area (Å²) in [5, 5.41) is 5.68. The van der Waals surface area contributed by atoms with Crippen molar-refractivity contribution in [1.82, 2.24) is 10.6 Å². The molecule has 2 aromatic rings. The topological polar surface area (TPSA) is 58.2 Å². The molecule has 2 amide bonds. The minimum absolute atomic E-state index is 0. The Morgan fingerprint density at radius 3 is 1.37 bits per heavy atom. The normalized spacial score (nSPS) is 21.1. The van der Waals surface area contributed by atoms with Crippen molar-refractivity contribution in [2.24, 2.45) is 11.3 Å². The molecule has 0 bridgehead atoms. The molecule has 0 radical (unpaired) electrons. The second-order valence-electron chi connectivity index (χ2n) is 8.18. The minimum Gasteiger partial charge on any atom is -0.356 e. The van der Waals surface area contributed by atoms with Crippen molar-refractivity contribution in [3.05, 3.63) is 85.6 Å². The van der Waals surface area contributed by atoms with Gasteiger partial charge in [-0.1, -0.05) is 32.9 Å². The van der Waals surface area contributed by atoms with Crippen LogP contribution in [0.2, 0.25) is 0 Å². The third kappa shape index (κ3) is 11.1. The van der Waals surface area contributed by atoms with E-state index in [1.54, 1.807) is 0 Å². The van der Waals surface area contributed by atoms with Gasteiger partial charge in [0.15, 0.2) is 0 Å². The van der Waals surface area contributed by atoms with E-state index < -0.39 is 0 Å². The van der Waals surface area contributed by atoms with Crippen molar-refractivity contribution >= 4 is 12.8 Å². The molecule has 2 N–H and O–H groups in total. The Balaban J connectivity index is 0.000000467. The van der Waals surface area contributed by atoms with Gasteiger partial charge in [0, 0.05) is 12.1 Å². The number of hydrogen-bond donors (Lipinski definition) is 2. The summed E-state index contributed by atoms with van der Waals surface area (Å²) in [6.07, 6.45) is 3.43. The number of amides is 2. The van der Waals surface area contributed by atoms with Crippen molar-refractivity contribution in [2.45, 2.75) is 45.7 Å². The summed E-state index contributed by atoms with van der Waals surface area (Å²) in [5.41, 5.74) is 2.30. The average Bonchev–Trinajstić information content (AvgIpc) is 2.68. The molecule has 3 rings (SSSR count). The van der Waals surface area contributed by atoms with Crippen molar-refractivity contribution in [3.63, 3.8) is 0 Å². The molecule has 1 fully saturated rings. The molecular formula is C25H34N2O2Ti. The van der Waals surface area contributed by atoms with E-state index in [0.717, 1.165) is 36.8 Å². The van der Waals surface area contributed by atoms with E-state index in [1.807, 2.05) is 60.7 Å². The van der Waals surface area contributed by atoms with Gasteiger partial charge < -0.3 is 10.6 Å². The van der Waals surface area contributed by atoms with E-state index in [1.165, 1.54) is 0 Å². The van der Waals surface area contributed by atoms with E-state index in [4.69, 9.17) is 0 Å². The minimum atomic E-state index is 0. The van der Waals surface area contributed by atoms with Crippen molar-refractivity contribution < 1.29 is 31.3 Å². The number of hydrogen-bond acceptors (Lipinski definition) is 2. The maximum absolute atomic E-state index is 10.5. The number of carbonyl (C=O) groups excluding carboxylic acids is 2. The molecule has 2 atom stereocenters. The van der Waals surface area contributed by atoms with Crippen LogP contribution < -0.4 is 10.6 Å². The van der Waals surface area contributed by atoms with Crippen molar-refractivity contribution in [1.29, 1.82) is 0 Å². The zero-order valence-corrected chi connectivity index (χ0v) is 19.9. The van der Waals surface area contributed by atoms with Crippen LogP contribution in [0.3, 0.4) is 0 Å². The molecule has 2 unspecified atom stereocenters. The van der Waals surface area contributed by atoms with E-state index in [0.29, 0.717) is 0 Å². The predicted molar refractivity (Wildman–Crippen MR) is 120 cm³/mol. The Hall–Kier alpha value is -2.17. The fourth-order valence-corrected chi connectivity index (χ4v) is 3.48. The maximum Gasteiger partial charge on any atom is 2.00 e. The Morgan fingerprint density at radius 1 is 0.800 bits per heavy atom. The second-order valence-corrected chi connectivity index (χ2v) is 8.18. The summed E-state index contributed by atoms with van der Waals surface area (Å²) in [4.78, 5) is 21.0. The molecule has 0 spiro atoms. The van der Waals surface area contributed by atoms with Crippen LogP contribution in [0.25, 0.3) is 0 Å². The van der Waals surface area contributed by atoms with Gasteiger partial charge in [-0.3, -0.25) is 9.59 Å². The fourth-order valence-electron chi connectivity index (χ4n) is 3.48. The second kappa shape index (κ2) is 14.8. The molecule has 160 valence electrons. The SMILES string of the molecule is CC1C(NC=O)CC(C)(C)CC1NC=O.[CH2-]c1ccccc1.[CH2-]c1ccccc1.[Ti+2]. The van der Waals surface area contributed by atoms with Gasteiger partial charge >= 0.3 is 21.7 Å². The molecule has 1 aliphatic rings.